The molecular formula is C14H20OS. The van der Waals surface area contributed by atoms with Gasteiger partial charge in [-0.05, 0) is 37.1 Å². The predicted octanol–water partition coefficient (Wildman–Crippen LogP) is 4.42. The van der Waals surface area contributed by atoms with Crippen LogP contribution in [0.25, 0.3) is 0 Å². The van der Waals surface area contributed by atoms with E-state index in [4.69, 9.17) is 0 Å². The average molecular weight is 236 g/mol. The molecule has 0 saturated heterocycles. The van der Waals surface area contributed by atoms with Gasteiger partial charge in [-0.2, -0.15) is 0 Å². The Morgan fingerprint density at radius 2 is 1.88 bits per heavy atom. The highest BCUT2D eigenvalue weighted by Crippen LogP contribution is 2.20. The highest BCUT2D eigenvalue weighted by molar-refractivity contribution is 7.99. The van der Waals surface area contributed by atoms with Gasteiger partial charge < -0.3 is 0 Å². The lowest BCUT2D eigenvalue weighted by Gasteiger charge is -2.04. The maximum absolute atomic E-state index is 11.1. The molecule has 0 aliphatic carbocycles. The zero-order valence-electron chi connectivity index (χ0n) is 10.3. The molecule has 0 heterocycles. The molecule has 0 N–H and O–H groups in total. The van der Waals surface area contributed by atoms with Crippen molar-refractivity contribution in [3.63, 3.8) is 0 Å². The van der Waals surface area contributed by atoms with Gasteiger partial charge in [-0.25, -0.2) is 0 Å². The molecule has 0 atom stereocenters. The summed E-state index contributed by atoms with van der Waals surface area (Å²) in [4.78, 5) is 12.3. The summed E-state index contributed by atoms with van der Waals surface area (Å²) < 4.78 is 0. The fourth-order valence-corrected chi connectivity index (χ4v) is 2.34. The molecule has 0 bridgehead atoms. The number of carbonyl (C=O) groups excluding carboxylic acids is 1. The van der Waals surface area contributed by atoms with E-state index in [2.05, 4.69) is 13.8 Å². The third-order valence-electron chi connectivity index (χ3n) is 2.46. The van der Waals surface area contributed by atoms with Gasteiger partial charge >= 0.3 is 0 Å². The van der Waals surface area contributed by atoms with E-state index in [0.29, 0.717) is 0 Å². The molecule has 0 unspecified atom stereocenters. The van der Waals surface area contributed by atoms with Gasteiger partial charge in [-0.1, -0.05) is 32.4 Å². The van der Waals surface area contributed by atoms with Gasteiger partial charge in [-0.15, -0.1) is 11.8 Å². The van der Waals surface area contributed by atoms with Crippen LogP contribution in [0.15, 0.2) is 29.2 Å². The van der Waals surface area contributed by atoms with Gasteiger partial charge in [0.25, 0.3) is 0 Å². The van der Waals surface area contributed by atoms with Crippen LogP contribution in [0.2, 0.25) is 0 Å². The Balaban J connectivity index is 2.35. The Kier molecular flexibility index (Phi) is 5.61. The lowest BCUT2D eigenvalue weighted by Crippen LogP contribution is -1.91. The molecule has 0 amide bonds. The first-order valence-electron chi connectivity index (χ1n) is 5.83. The van der Waals surface area contributed by atoms with Crippen LogP contribution >= 0.6 is 11.8 Å². The van der Waals surface area contributed by atoms with E-state index in [-0.39, 0.29) is 5.78 Å². The van der Waals surface area contributed by atoms with Gasteiger partial charge in [0.2, 0.25) is 0 Å². The molecule has 1 aromatic rings. The number of benzene rings is 1. The van der Waals surface area contributed by atoms with E-state index in [0.717, 1.165) is 17.2 Å². The quantitative estimate of drug-likeness (QED) is 0.413. The summed E-state index contributed by atoms with van der Waals surface area (Å²) in [5.74, 6) is 2.09. The molecule has 1 rings (SSSR count). The van der Waals surface area contributed by atoms with Crippen LogP contribution in [-0.4, -0.2) is 11.5 Å². The highest BCUT2D eigenvalue weighted by Gasteiger charge is 2.00. The van der Waals surface area contributed by atoms with Crippen LogP contribution in [0.1, 0.15) is 44.0 Å². The molecular weight excluding hydrogens is 216 g/mol. The second kappa shape index (κ2) is 6.74. The Hall–Kier alpha value is -0.760. The molecule has 1 aromatic carbocycles. The number of ketones is 1. The second-order valence-electron chi connectivity index (χ2n) is 4.47. The van der Waals surface area contributed by atoms with Crippen LogP contribution < -0.4 is 0 Å². The van der Waals surface area contributed by atoms with Crippen LogP contribution in [0.4, 0.5) is 0 Å². The molecule has 2 heteroatoms. The largest absolute Gasteiger partial charge is 0.295 e. The number of thioether (sulfide) groups is 1. The monoisotopic (exact) mass is 236 g/mol. The van der Waals surface area contributed by atoms with Gasteiger partial charge in [0, 0.05) is 10.5 Å². The molecule has 0 radical (unpaired) electrons. The smallest absolute Gasteiger partial charge is 0.159 e. The minimum absolute atomic E-state index is 0.136. The van der Waals surface area contributed by atoms with Gasteiger partial charge in [0.15, 0.2) is 5.78 Å². The zero-order valence-corrected chi connectivity index (χ0v) is 11.1. The van der Waals surface area contributed by atoms with E-state index in [1.165, 1.54) is 17.7 Å². The summed E-state index contributed by atoms with van der Waals surface area (Å²) in [6.45, 7) is 6.11. The van der Waals surface area contributed by atoms with Crippen molar-refractivity contribution >= 4 is 17.5 Å². The SMILES string of the molecule is CC(=O)c1ccc(SCCCC(C)C)cc1. The molecule has 0 aromatic heterocycles. The lowest BCUT2D eigenvalue weighted by molar-refractivity contribution is 0.101. The van der Waals surface area contributed by atoms with Crippen LogP contribution in [-0.2, 0) is 0 Å². The molecule has 0 aliphatic heterocycles. The summed E-state index contributed by atoms with van der Waals surface area (Å²) in [6.07, 6.45) is 2.55. The van der Waals surface area contributed by atoms with Crippen LogP contribution in [0, 0.1) is 5.92 Å². The maximum atomic E-state index is 11.1. The summed E-state index contributed by atoms with van der Waals surface area (Å²) in [6, 6.07) is 7.90. The Morgan fingerprint density at radius 3 is 2.38 bits per heavy atom. The van der Waals surface area contributed by atoms with Crippen molar-refractivity contribution in [2.45, 2.75) is 38.5 Å². The van der Waals surface area contributed by atoms with Crippen LogP contribution in [0.3, 0.4) is 0 Å². The van der Waals surface area contributed by atoms with Gasteiger partial charge in [0.1, 0.15) is 0 Å². The normalized spacial score (nSPS) is 10.8. The number of hydrogen-bond acceptors (Lipinski definition) is 2. The van der Waals surface area contributed by atoms with Crippen molar-refractivity contribution < 1.29 is 4.79 Å². The molecule has 0 spiro atoms. The molecule has 0 fully saturated rings. The summed E-state index contributed by atoms with van der Waals surface area (Å²) in [5, 5.41) is 0. The zero-order chi connectivity index (χ0) is 12.0. The van der Waals surface area contributed by atoms with Crippen molar-refractivity contribution in [3.8, 4) is 0 Å². The van der Waals surface area contributed by atoms with E-state index in [1.54, 1.807) is 6.92 Å². The van der Waals surface area contributed by atoms with Crippen molar-refractivity contribution in [2.75, 3.05) is 5.75 Å². The summed E-state index contributed by atoms with van der Waals surface area (Å²) >= 11 is 1.87. The fourth-order valence-electron chi connectivity index (χ4n) is 1.47. The first-order valence-corrected chi connectivity index (χ1v) is 6.82. The summed E-state index contributed by atoms with van der Waals surface area (Å²) in [7, 11) is 0. The van der Waals surface area contributed by atoms with Crippen LogP contribution in [0.5, 0.6) is 0 Å². The Bertz CT molecular complexity index is 327. The highest BCUT2D eigenvalue weighted by atomic mass is 32.2. The lowest BCUT2D eigenvalue weighted by atomic mass is 10.1. The average Bonchev–Trinajstić information content (AvgIpc) is 2.25. The second-order valence-corrected chi connectivity index (χ2v) is 5.63. The molecule has 0 saturated carbocycles. The number of carbonyl (C=O) groups is 1. The van der Waals surface area contributed by atoms with E-state index in [1.807, 2.05) is 36.0 Å². The third kappa shape index (κ3) is 4.84. The first-order chi connectivity index (χ1) is 7.59. The number of Topliss-reactive ketones (excluding diaryl/α,β-unsaturated/α-hetero) is 1. The van der Waals surface area contributed by atoms with Gasteiger partial charge in [-0.3, -0.25) is 4.79 Å². The third-order valence-corrected chi connectivity index (χ3v) is 3.55. The van der Waals surface area contributed by atoms with Crippen molar-refractivity contribution in [2.24, 2.45) is 5.92 Å². The standard InChI is InChI=1S/C14H20OS/c1-11(2)5-4-10-16-14-8-6-13(7-9-14)12(3)15/h6-9,11H,4-5,10H2,1-3H3. The first kappa shape index (κ1) is 13.3. The Labute approximate surface area is 103 Å². The summed E-state index contributed by atoms with van der Waals surface area (Å²) in [5.41, 5.74) is 0.798. The van der Waals surface area contributed by atoms with E-state index < -0.39 is 0 Å². The van der Waals surface area contributed by atoms with Gasteiger partial charge in [0.05, 0.1) is 0 Å². The molecule has 1 nitrogen and oxygen atoms in total. The Morgan fingerprint density at radius 1 is 1.25 bits per heavy atom. The molecule has 88 valence electrons. The minimum atomic E-state index is 0.136. The number of rotatable bonds is 6. The topological polar surface area (TPSA) is 17.1 Å². The minimum Gasteiger partial charge on any atom is -0.295 e. The van der Waals surface area contributed by atoms with E-state index in [9.17, 15) is 4.79 Å². The number of hydrogen-bond donors (Lipinski definition) is 0. The van der Waals surface area contributed by atoms with Crippen molar-refractivity contribution in [3.05, 3.63) is 29.8 Å². The molecule has 0 aliphatic rings. The fraction of sp³-hybridized carbons (Fsp3) is 0.500. The maximum Gasteiger partial charge on any atom is 0.159 e. The molecule has 16 heavy (non-hydrogen) atoms. The predicted molar refractivity (Wildman–Crippen MR) is 71.2 cm³/mol. The van der Waals surface area contributed by atoms with E-state index >= 15 is 0 Å². The van der Waals surface area contributed by atoms with Crippen molar-refractivity contribution in [1.82, 2.24) is 0 Å². The van der Waals surface area contributed by atoms with Crippen molar-refractivity contribution in [1.29, 1.82) is 0 Å².